The second-order valence-electron chi connectivity index (χ2n) is 5.60. The number of piperidine rings is 1. The number of Topliss-reactive ketones (excluding diaryl/α,β-unsaturated/α-hetero) is 1. The second-order valence-corrected chi connectivity index (χ2v) is 6.77. The molecule has 0 amide bonds. The normalized spacial score (nSPS) is 17.9. The molecule has 3 nitrogen and oxygen atoms in total. The van der Waals surface area contributed by atoms with Crippen molar-refractivity contribution in [2.24, 2.45) is 0 Å². The van der Waals surface area contributed by atoms with Gasteiger partial charge in [-0.1, -0.05) is 19.1 Å². The maximum absolute atomic E-state index is 11.2. The summed E-state index contributed by atoms with van der Waals surface area (Å²) in [6.45, 7) is 4.73. The summed E-state index contributed by atoms with van der Waals surface area (Å²) >= 11 is 1.86. The first-order valence-corrected chi connectivity index (χ1v) is 8.82. The molecule has 1 atom stereocenters. The fourth-order valence-corrected chi connectivity index (χ4v) is 3.27. The smallest absolute Gasteiger partial charge is 0.135 e. The predicted molar refractivity (Wildman–Crippen MR) is 87.7 cm³/mol. The molecule has 21 heavy (non-hydrogen) atoms. The molecule has 0 aliphatic carbocycles. The number of hydrogen-bond donors (Lipinski definition) is 1. The van der Waals surface area contributed by atoms with Crippen molar-refractivity contribution in [3.05, 3.63) is 29.8 Å². The molecule has 1 aliphatic rings. The largest absolute Gasteiger partial charge is 0.388 e. The van der Waals surface area contributed by atoms with Gasteiger partial charge in [0.25, 0.3) is 0 Å². The van der Waals surface area contributed by atoms with Crippen LogP contribution in [0.1, 0.15) is 44.3 Å². The Hall–Kier alpha value is -0.840. The van der Waals surface area contributed by atoms with E-state index in [0.29, 0.717) is 18.6 Å². The van der Waals surface area contributed by atoms with E-state index in [2.05, 4.69) is 24.0 Å². The summed E-state index contributed by atoms with van der Waals surface area (Å²) in [5.74, 6) is 1.50. The molecular formula is C17H25NO2S. The number of thioether (sulfide) groups is 1. The van der Waals surface area contributed by atoms with Gasteiger partial charge in [-0.15, -0.1) is 11.8 Å². The first kappa shape index (κ1) is 16.5. The number of likely N-dealkylation sites (tertiary alicyclic amines) is 1. The van der Waals surface area contributed by atoms with Gasteiger partial charge < -0.3 is 10.0 Å². The lowest BCUT2D eigenvalue weighted by molar-refractivity contribution is -0.121. The van der Waals surface area contributed by atoms with Crippen LogP contribution in [0.25, 0.3) is 0 Å². The van der Waals surface area contributed by atoms with Crippen molar-refractivity contribution in [1.82, 2.24) is 4.90 Å². The molecule has 116 valence electrons. The molecule has 4 heteroatoms. The zero-order valence-corrected chi connectivity index (χ0v) is 13.6. The summed E-state index contributed by atoms with van der Waals surface area (Å²) in [6, 6.07) is 8.25. The van der Waals surface area contributed by atoms with E-state index in [1.807, 2.05) is 23.9 Å². The minimum atomic E-state index is -0.409. The van der Waals surface area contributed by atoms with Gasteiger partial charge in [0.2, 0.25) is 0 Å². The van der Waals surface area contributed by atoms with Gasteiger partial charge in [0.05, 0.1) is 6.10 Å². The highest BCUT2D eigenvalue weighted by Crippen LogP contribution is 2.23. The first-order valence-electron chi connectivity index (χ1n) is 7.84. The molecule has 1 N–H and O–H groups in total. The maximum Gasteiger partial charge on any atom is 0.135 e. The number of carbonyl (C=O) groups excluding carboxylic acids is 1. The molecule has 1 aromatic carbocycles. The molecule has 1 fully saturated rings. The number of benzene rings is 1. The van der Waals surface area contributed by atoms with Crippen molar-refractivity contribution >= 4 is 17.5 Å². The Morgan fingerprint density at radius 2 is 1.90 bits per heavy atom. The molecule has 1 aromatic rings. The standard InChI is InChI=1S/C17H25NO2S/c1-2-13-21-16-5-3-14(4-6-16)17(20)9-12-18-10-7-15(19)8-11-18/h3-6,17,20H,2,7-13H2,1H3. The molecule has 2 rings (SSSR count). The highest BCUT2D eigenvalue weighted by molar-refractivity contribution is 7.99. The number of carbonyl (C=O) groups is 1. The summed E-state index contributed by atoms with van der Waals surface area (Å²) in [4.78, 5) is 14.7. The molecule has 1 unspecified atom stereocenters. The van der Waals surface area contributed by atoms with Gasteiger partial charge in [-0.05, 0) is 36.3 Å². The average molecular weight is 307 g/mol. The summed E-state index contributed by atoms with van der Waals surface area (Å²) < 4.78 is 0. The van der Waals surface area contributed by atoms with Crippen LogP contribution in [0.2, 0.25) is 0 Å². The SMILES string of the molecule is CCCSc1ccc(C(O)CCN2CCC(=O)CC2)cc1. The molecule has 1 saturated heterocycles. The lowest BCUT2D eigenvalue weighted by Crippen LogP contribution is -2.35. The fraction of sp³-hybridized carbons (Fsp3) is 0.588. The van der Waals surface area contributed by atoms with E-state index < -0.39 is 6.10 Å². The second kappa shape index (κ2) is 8.57. The van der Waals surface area contributed by atoms with Crippen LogP contribution in [0.3, 0.4) is 0 Å². The quantitative estimate of drug-likeness (QED) is 0.785. The topological polar surface area (TPSA) is 40.5 Å². The van der Waals surface area contributed by atoms with Crippen LogP contribution < -0.4 is 0 Å². The van der Waals surface area contributed by atoms with Crippen LogP contribution in [0, 0.1) is 0 Å². The Morgan fingerprint density at radius 1 is 1.24 bits per heavy atom. The highest BCUT2D eigenvalue weighted by atomic mass is 32.2. The van der Waals surface area contributed by atoms with Crippen LogP contribution in [0.4, 0.5) is 0 Å². The maximum atomic E-state index is 11.2. The minimum Gasteiger partial charge on any atom is -0.388 e. The summed E-state index contributed by atoms with van der Waals surface area (Å²) in [5.41, 5.74) is 0.990. The van der Waals surface area contributed by atoms with E-state index in [4.69, 9.17) is 0 Å². The Kier molecular flexibility index (Phi) is 6.74. The lowest BCUT2D eigenvalue weighted by atomic mass is 10.1. The molecular weight excluding hydrogens is 282 g/mol. The van der Waals surface area contributed by atoms with E-state index in [1.54, 1.807) is 0 Å². The molecule has 0 saturated carbocycles. The number of hydrogen-bond acceptors (Lipinski definition) is 4. The van der Waals surface area contributed by atoms with E-state index in [9.17, 15) is 9.90 Å². The predicted octanol–water partition coefficient (Wildman–Crippen LogP) is 3.28. The van der Waals surface area contributed by atoms with Crippen molar-refractivity contribution in [3.8, 4) is 0 Å². The Balaban J connectivity index is 1.77. The molecule has 1 heterocycles. The van der Waals surface area contributed by atoms with Crippen molar-refractivity contribution < 1.29 is 9.90 Å². The Morgan fingerprint density at radius 3 is 2.52 bits per heavy atom. The molecule has 1 aliphatic heterocycles. The average Bonchev–Trinajstić information content (AvgIpc) is 2.52. The number of aliphatic hydroxyl groups is 1. The van der Waals surface area contributed by atoms with Crippen LogP contribution >= 0.6 is 11.8 Å². The Bertz CT molecular complexity index is 437. The molecule has 0 spiro atoms. The van der Waals surface area contributed by atoms with E-state index in [0.717, 1.165) is 37.4 Å². The summed E-state index contributed by atoms with van der Waals surface area (Å²) in [5, 5.41) is 10.3. The summed E-state index contributed by atoms with van der Waals surface area (Å²) in [7, 11) is 0. The third-order valence-corrected chi connectivity index (χ3v) is 5.09. The molecule has 0 aromatic heterocycles. The van der Waals surface area contributed by atoms with Crippen molar-refractivity contribution in [1.29, 1.82) is 0 Å². The van der Waals surface area contributed by atoms with Crippen molar-refractivity contribution in [2.45, 2.75) is 43.6 Å². The van der Waals surface area contributed by atoms with E-state index >= 15 is 0 Å². The third-order valence-electron chi connectivity index (χ3n) is 3.87. The first-order chi connectivity index (χ1) is 10.2. The summed E-state index contributed by atoms with van der Waals surface area (Å²) in [6.07, 6.45) is 2.83. The van der Waals surface area contributed by atoms with Crippen LogP contribution in [-0.2, 0) is 4.79 Å². The van der Waals surface area contributed by atoms with Gasteiger partial charge in [-0.2, -0.15) is 0 Å². The van der Waals surface area contributed by atoms with Crippen molar-refractivity contribution in [2.75, 3.05) is 25.4 Å². The number of aliphatic hydroxyl groups excluding tert-OH is 1. The van der Waals surface area contributed by atoms with Crippen LogP contribution in [-0.4, -0.2) is 41.2 Å². The van der Waals surface area contributed by atoms with Crippen LogP contribution in [0.15, 0.2) is 29.2 Å². The number of nitrogens with zero attached hydrogens (tertiary/aromatic N) is 1. The van der Waals surface area contributed by atoms with Gasteiger partial charge in [-0.3, -0.25) is 4.79 Å². The third kappa shape index (κ3) is 5.46. The van der Waals surface area contributed by atoms with Gasteiger partial charge in [0.1, 0.15) is 5.78 Å². The van der Waals surface area contributed by atoms with Crippen LogP contribution in [0.5, 0.6) is 0 Å². The van der Waals surface area contributed by atoms with Gasteiger partial charge in [-0.25, -0.2) is 0 Å². The molecule has 0 radical (unpaired) electrons. The fourth-order valence-electron chi connectivity index (χ4n) is 2.50. The zero-order chi connectivity index (χ0) is 15.1. The van der Waals surface area contributed by atoms with E-state index in [-0.39, 0.29) is 0 Å². The monoisotopic (exact) mass is 307 g/mol. The zero-order valence-electron chi connectivity index (χ0n) is 12.8. The number of ketones is 1. The van der Waals surface area contributed by atoms with Crippen molar-refractivity contribution in [3.63, 3.8) is 0 Å². The van der Waals surface area contributed by atoms with E-state index in [1.165, 1.54) is 11.3 Å². The Labute approximate surface area is 131 Å². The van der Waals surface area contributed by atoms with Gasteiger partial charge in [0.15, 0.2) is 0 Å². The minimum absolute atomic E-state index is 0.368. The van der Waals surface area contributed by atoms with Gasteiger partial charge in [0, 0.05) is 37.4 Å². The highest BCUT2D eigenvalue weighted by Gasteiger charge is 2.17. The lowest BCUT2D eigenvalue weighted by Gasteiger charge is -2.26. The number of rotatable bonds is 7. The molecule has 0 bridgehead atoms. The van der Waals surface area contributed by atoms with Gasteiger partial charge >= 0.3 is 0 Å².